The predicted molar refractivity (Wildman–Crippen MR) is 48.1 cm³/mol. The quantitative estimate of drug-likeness (QED) is 0.735. The summed E-state index contributed by atoms with van der Waals surface area (Å²) in [5.74, 6) is 0.779. The monoisotopic (exact) mass is 186 g/mol. The zero-order chi connectivity index (χ0) is 8.97. The minimum atomic E-state index is 0.196. The van der Waals surface area contributed by atoms with Gasteiger partial charge in [-0.05, 0) is 24.6 Å². The number of benzene rings is 1. The van der Waals surface area contributed by atoms with Crippen molar-refractivity contribution in [2.45, 2.75) is 6.92 Å². The van der Waals surface area contributed by atoms with Gasteiger partial charge in [0.15, 0.2) is 0 Å². The number of rotatable bonds is 3. The van der Waals surface area contributed by atoms with Crippen LogP contribution in [0.1, 0.15) is 5.56 Å². The summed E-state index contributed by atoms with van der Waals surface area (Å²) in [5, 5.41) is 9.16. The van der Waals surface area contributed by atoms with E-state index in [0.29, 0.717) is 5.75 Å². The van der Waals surface area contributed by atoms with Crippen molar-refractivity contribution < 1.29 is 13.5 Å². The van der Waals surface area contributed by atoms with Crippen molar-refractivity contribution in [3.05, 3.63) is 23.8 Å². The Bertz CT molecular complexity index is 242. The third-order valence-electron chi connectivity index (χ3n) is 1.23. The molecule has 4 heteroatoms. The summed E-state index contributed by atoms with van der Waals surface area (Å²) < 4.78 is 9.69. The Morgan fingerprint density at radius 1 is 1.33 bits per heavy atom. The van der Waals surface area contributed by atoms with Gasteiger partial charge in [-0.15, -0.1) is 0 Å². The van der Waals surface area contributed by atoms with E-state index in [1.807, 2.05) is 13.0 Å². The summed E-state index contributed by atoms with van der Waals surface area (Å²) in [7, 11) is 1.51. The second-order valence-electron chi connectivity index (χ2n) is 2.32. The van der Waals surface area contributed by atoms with Gasteiger partial charge >= 0.3 is 0 Å². The molecule has 0 heterocycles. The first kappa shape index (κ1) is 9.22. The topological polar surface area (TPSA) is 38.7 Å². The Hall–Kier alpha value is -0.870. The highest BCUT2D eigenvalue weighted by Crippen LogP contribution is 2.23. The fourth-order valence-electron chi connectivity index (χ4n) is 0.850. The number of hydrogen-bond acceptors (Lipinski definition) is 4. The molecule has 0 bridgehead atoms. The number of aryl methyl sites for hydroxylation is 1. The standard InChI is InChI=1S/C8H10O3S/c1-6-3-7(9)5-8(4-6)11-12-10-2/h3-5,9H,1-2H3. The van der Waals surface area contributed by atoms with Crippen molar-refractivity contribution in [2.24, 2.45) is 0 Å². The maximum atomic E-state index is 9.16. The van der Waals surface area contributed by atoms with Gasteiger partial charge in [-0.2, -0.15) is 0 Å². The first-order valence-corrected chi connectivity index (χ1v) is 4.07. The van der Waals surface area contributed by atoms with Gasteiger partial charge in [0.25, 0.3) is 0 Å². The lowest BCUT2D eigenvalue weighted by molar-refractivity contribution is 0.435. The fourth-order valence-corrected chi connectivity index (χ4v) is 1.09. The first-order chi connectivity index (χ1) is 5.72. The summed E-state index contributed by atoms with van der Waals surface area (Å²) in [4.78, 5) is 0. The fraction of sp³-hybridized carbons (Fsp3) is 0.250. The van der Waals surface area contributed by atoms with E-state index in [2.05, 4.69) is 4.18 Å². The summed E-state index contributed by atoms with van der Waals surface area (Å²) in [5.41, 5.74) is 0.946. The van der Waals surface area contributed by atoms with Crippen LogP contribution in [0.4, 0.5) is 0 Å². The van der Waals surface area contributed by atoms with E-state index < -0.39 is 0 Å². The second-order valence-corrected chi connectivity index (χ2v) is 2.96. The van der Waals surface area contributed by atoms with E-state index in [4.69, 9.17) is 9.29 Å². The molecule has 1 rings (SSSR count). The Morgan fingerprint density at radius 2 is 2.08 bits per heavy atom. The van der Waals surface area contributed by atoms with Crippen molar-refractivity contribution in [3.8, 4) is 11.5 Å². The van der Waals surface area contributed by atoms with Gasteiger partial charge in [-0.25, -0.2) is 0 Å². The van der Waals surface area contributed by atoms with Crippen molar-refractivity contribution in [1.82, 2.24) is 0 Å². The molecule has 1 aromatic rings. The molecule has 0 radical (unpaired) electrons. The summed E-state index contributed by atoms with van der Waals surface area (Å²) in [6, 6.07) is 5.00. The zero-order valence-electron chi connectivity index (χ0n) is 6.90. The van der Waals surface area contributed by atoms with Crippen LogP contribution < -0.4 is 4.18 Å². The Labute approximate surface area is 75.7 Å². The molecule has 0 aliphatic rings. The number of hydrogen-bond donors (Lipinski definition) is 1. The molecule has 0 aromatic heterocycles. The highest BCUT2D eigenvalue weighted by Gasteiger charge is 1.98. The third-order valence-corrected chi connectivity index (χ3v) is 1.63. The average Bonchev–Trinajstić information content (AvgIpc) is 1.99. The van der Waals surface area contributed by atoms with Crippen LogP contribution >= 0.6 is 12.3 Å². The maximum Gasteiger partial charge on any atom is 0.225 e. The molecular weight excluding hydrogens is 176 g/mol. The van der Waals surface area contributed by atoms with Crippen molar-refractivity contribution >= 4 is 12.3 Å². The molecule has 0 atom stereocenters. The second kappa shape index (κ2) is 4.23. The molecule has 0 aliphatic carbocycles. The molecule has 0 saturated carbocycles. The van der Waals surface area contributed by atoms with Gasteiger partial charge < -0.3 is 9.29 Å². The zero-order valence-corrected chi connectivity index (χ0v) is 7.72. The van der Waals surface area contributed by atoms with Gasteiger partial charge in [-0.3, -0.25) is 4.18 Å². The largest absolute Gasteiger partial charge is 0.508 e. The molecule has 0 unspecified atom stereocenters. The molecule has 1 N–H and O–H groups in total. The number of phenols is 1. The predicted octanol–water partition coefficient (Wildman–Crippen LogP) is 2.29. The van der Waals surface area contributed by atoms with Crippen LogP contribution in [-0.2, 0) is 4.18 Å². The highest BCUT2D eigenvalue weighted by molar-refractivity contribution is 7.90. The van der Waals surface area contributed by atoms with E-state index >= 15 is 0 Å². The van der Waals surface area contributed by atoms with Gasteiger partial charge in [0.05, 0.1) is 7.11 Å². The van der Waals surface area contributed by atoms with E-state index in [1.165, 1.54) is 13.2 Å². The van der Waals surface area contributed by atoms with Crippen LogP contribution in [-0.4, -0.2) is 12.2 Å². The van der Waals surface area contributed by atoms with Crippen LogP contribution in [0.15, 0.2) is 18.2 Å². The van der Waals surface area contributed by atoms with Gasteiger partial charge in [0.1, 0.15) is 11.5 Å². The van der Waals surface area contributed by atoms with Gasteiger partial charge in [-0.1, -0.05) is 0 Å². The molecular formula is C8H10O3S. The molecule has 0 spiro atoms. The Morgan fingerprint density at radius 3 is 2.67 bits per heavy atom. The van der Waals surface area contributed by atoms with Gasteiger partial charge in [0.2, 0.25) is 12.3 Å². The Balaban J connectivity index is 2.72. The third kappa shape index (κ3) is 2.64. The molecule has 0 aliphatic heterocycles. The average molecular weight is 186 g/mol. The molecule has 3 nitrogen and oxygen atoms in total. The smallest absolute Gasteiger partial charge is 0.225 e. The minimum absolute atomic E-state index is 0.196. The molecule has 0 saturated heterocycles. The van der Waals surface area contributed by atoms with Crippen molar-refractivity contribution in [3.63, 3.8) is 0 Å². The lowest BCUT2D eigenvalue weighted by Crippen LogP contribution is -1.82. The van der Waals surface area contributed by atoms with E-state index in [-0.39, 0.29) is 5.75 Å². The van der Waals surface area contributed by atoms with Crippen LogP contribution in [0.2, 0.25) is 0 Å². The molecule has 12 heavy (non-hydrogen) atoms. The first-order valence-electron chi connectivity index (χ1n) is 3.40. The number of phenolic OH excluding ortho intramolecular Hbond substituents is 1. The van der Waals surface area contributed by atoms with E-state index in [0.717, 1.165) is 17.9 Å². The SMILES string of the molecule is COSOc1cc(C)cc(O)c1. The van der Waals surface area contributed by atoms with Crippen molar-refractivity contribution in [1.29, 1.82) is 0 Å². The maximum absolute atomic E-state index is 9.16. The summed E-state index contributed by atoms with van der Waals surface area (Å²) in [6.07, 6.45) is 0. The minimum Gasteiger partial charge on any atom is -0.508 e. The van der Waals surface area contributed by atoms with Gasteiger partial charge in [0, 0.05) is 6.07 Å². The Kier molecular flexibility index (Phi) is 3.25. The van der Waals surface area contributed by atoms with E-state index in [9.17, 15) is 0 Å². The lowest BCUT2D eigenvalue weighted by atomic mass is 10.2. The molecule has 0 fully saturated rings. The van der Waals surface area contributed by atoms with E-state index in [1.54, 1.807) is 6.07 Å². The molecule has 66 valence electrons. The van der Waals surface area contributed by atoms with Crippen LogP contribution in [0, 0.1) is 6.92 Å². The summed E-state index contributed by atoms with van der Waals surface area (Å²) >= 11 is 0.868. The van der Waals surface area contributed by atoms with Crippen LogP contribution in [0.25, 0.3) is 0 Å². The van der Waals surface area contributed by atoms with Crippen LogP contribution in [0.3, 0.4) is 0 Å². The molecule has 0 amide bonds. The normalized spacial score (nSPS) is 9.83. The number of aromatic hydroxyl groups is 1. The lowest BCUT2D eigenvalue weighted by Gasteiger charge is -2.02. The van der Waals surface area contributed by atoms with Crippen molar-refractivity contribution in [2.75, 3.05) is 7.11 Å². The molecule has 1 aromatic carbocycles. The summed E-state index contributed by atoms with van der Waals surface area (Å²) in [6.45, 7) is 1.88. The van der Waals surface area contributed by atoms with Crippen LogP contribution in [0.5, 0.6) is 11.5 Å². The highest BCUT2D eigenvalue weighted by atomic mass is 32.2.